The zero-order valence-electron chi connectivity index (χ0n) is 15.1. The first-order chi connectivity index (χ1) is 12.5. The Hall–Kier alpha value is -2.89. The number of carbonyl (C=O) groups excluding carboxylic acids is 1. The smallest absolute Gasteiger partial charge is 0.296 e. The van der Waals surface area contributed by atoms with Crippen molar-refractivity contribution >= 4 is 5.91 Å². The van der Waals surface area contributed by atoms with E-state index in [1.165, 1.54) is 22.8 Å². The number of rotatable bonds is 4. The van der Waals surface area contributed by atoms with Crippen LogP contribution >= 0.6 is 0 Å². The Morgan fingerprint density at radius 1 is 1.31 bits per heavy atom. The molecule has 0 aliphatic heterocycles. The number of hydrogen-bond acceptors (Lipinski definition) is 4. The SMILES string of the molecule is CNC(=O)c1nc(CC2=C(C3=CC=CCC3)CCC=C2)n(C)c(=O)c1O. The van der Waals surface area contributed by atoms with Gasteiger partial charge in [0.1, 0.15) is 5.82 Å². The summed E-state index contributed by atoms with van der Waals surface area (Å²) in [6.45, 7) is 0. The van der Waals surface area contributed by atoms with E-state index in [2.05, 4.69) is 40.7 Å². The Morgan fingerprint density at radius 3 is 2.77 bits per heavy atom. The van der Waals surface area contributed by atoms with E-state index < -0.39 is 17.2 Å². The Labute approximate surface area is 152 Å². The van der Waals surface area contributed by atoms with E-state index in [9.17, 15) is 14.7 Å². The van der Waals surface area contributed by atoms with Crippen molar-refractivity contribution in [3.8, 4) is 5.75 Å². The first-order valence-corrected chi connectivity index (χ1v) is 8.78. The summed E-state index contributed by atoms with van der Waals surface area (Å²) in [5.41, 5.74) is 2.87. The number of aromatic hydroxyl groups is 1. The summed E-state index contributed by atoms with van der Waals surface area (Å²) in [6.07, 6.45) is 15.0. The number of carbonyl (C=O) groups is 1. The normalized spacial score (nSPS) is 16.6. The van der Waals surface area contributed by atoms with Gasteiger partial charge >= 0.3 is 0 Å². The van der Waals surface area contributed by atoms with Crippen LogP contribution in [0, 0.1) is 0 Å². The third-order valence-electron chi connectivity index (χ3n) is 4.82. The lowest BCUT2D eigenvalue weighted by molar-refractivity contribution is 0.0954. The standard InChI is InChI=1S/C20H23N3O3/c1-21-19(25)17-18(24)20(26)23(2)16(22-17)12-14-10-6-7-11-15(14)13-8-4-3-5-9-13/h3-4,6,8,10,24H,5,7,9,11-12H2,1-2H3,(H,21,25). The van der Waals surface area contributed by atoms with Gasteiger partial charge in [0.2, 0.25) is 5.75 Å². The van der Waals surface area contributed by atoms with E-state index in [1.807, 2.05) is 0 Å². The van der Waals surface area contributed by atoms with Crippen LogP contribution in [0.1, 0.15) is 42.0 Å². The average molecular weight is 353 g/mol. The summed E-state index contributed by atoms with van der Waals surface area (Å²) < 4.78 is 1.31. The van der Waals surface area contributed by atoms with E-state index in [0.717, 1.165) is 31.3 Å². The van der Waals surface area contributed by atoms with Gasteiger partial charge in [0, 0.05) is 20.5 Å². The van der Waals surface area contributed by atoms with Gasteiger partial charge in [-0.15, -0.1) is 0 Å². The highest BCUT2D eigenvalue weighted by molar-refractivity contribution is 5.94. The van der Waals surface area contributed by atoms with Gasteiger partial charge in [-0.05, 0) is 42.4 Å². The fourth-order valence-corrected chi connectivity index (χ4v) is 3.34. The van der Waals surface area contributed by atoms with Crippen LogP contribution in [-0.2, 0) is 13.5 Å². The molecule has 2 aliphatic carbocycles. The number of nitrogens with zero attached hydrogens (tertiary/aromatic N) is 2. The Bertz CT molecular complexity index is 917. The van der Waals surface area contributed by atoms with Crippen molar-refractivity contribution in [3.63, 3.8) is 0 Å². The summed E-state index contributed by atoms with van der Waals surface area (Å²) in [4.78, 5) is 28.5. The van der Waals surface area contributed by atoms with Crippen LogP contribution in [0.2, 0.25) is 0 Å². The fourth-order valence-electron chi connectivity index (χ4n) is 3.34. The fraction of sp³-hybridized carbons (Fsp3) is 0.350. The van der Waals surface area contributed by atoms with Crippen LogP contribution in [0.3, 0.4) is 0 Å². The van der Waals surface area contributed by atoms with Crippen LogP contribution in [-0.4, -0.2) is 27.6 Å². The number of allylic oxidation sites excluding steroid dienone is 8. The predicted octanol–water partition coefficient (Wildman–Crippen LogP) is 2.31. The quantitative estimate of drug-likeness (QED) is 0.870. The second kappa shape index (κ2) is 7.56. The van der Waals surface area contributed by atoms with Crippen molar-refractivity contribution in [3.05, 3.63) is 69.0 Å². The third kappa shape index (κ3) is 3.40. The summed E-state index contributed by atoms with van der Waals surface area (Å²) >= 11 is 0. The van der Waals surface area contributed by atoms with E-state index in [0.29, 0.717) is 12.2 Å². The Morgan fingerprint density at radius 2 is 2.08 bits per heavy atom. The molecule has 1 aromatic rings. The summed E-state index contributed by atoms with van der Waals surface area (Å²) in [5.74, 6) is -0.739. The van der Waals surface area contributed by atoms with Gasteiger partial charge in [-0.1, -0.05) is 30.4 Å². The number of hydrogen-bond donors (Lipinski definition) is 2. The summed E-state index contributed by atoms with van der Waals surface area (Å²) in [5, 5.41) is 12.4. The first-order valence-electron chi connectivity index (χ1n) is 8.78. The van der Waals surface area contributed by atoms with Crippen LogP contribution in [0.25, 0.3) is 0 Å². The molecule has 0 bridgehead atoms. The van der Waals surface area contributed by atoms with Crippen LogP contribution in [0.15, 0.2) is 51.9 Å². The monoisotopic (exact) mass is 353 g/mol. The molecule has 0 aromatic carbocycles. The lowest BCUT2D eigenvalue weighted by Crippen LogP contribution is -2.29. The highest BCUT2D eigenvalue weighted by Gasteiger charge is 2.21. The van der Waals surface area contributed by atoms with Gasteiger partial charge in [0.15, 0.2) is 5.69 Å². The maximum Gasteiger partial charge on any atom is 0.296 e. The minimum atomic E-state index is -0.621. The highest BCUT2D eigenvalue weighted by Crippen LogP contribution is 2.31. The van der Waals surface area contributed by atoms with Crippen molar-refractivity contribution in [2.75, 3.05) is 7.05 Å². The van der Waals surface area contributed by atoms with Gasteiger partial charge < -0.3 is 10.4 Å². The molecule has 0 saturated heterocycles. The molecule has 0 unspecified atom stereocenters. The second-order valence-electron chi connectivity index (χ2n) is 6.45. The minimum absolute atomic E-state index is 0.229. The zero-order valence-corrected chi connectivity index (χ0v) is 15.1. The number of nitrogens with one attached hydrogen (secondary N) is 1. The van der Waals surface area contributed by atoms with Crippen molar-refractivity contribution in [1.29, 1.82) is 0 Å². The molecule has 3 rings (SSSR count). The van der Waals surface area contributed by atoms with Crippen LogP contribution in [0.4, 0.5) is 0 Å². The molecule has 0 fully saturated rings. The van der Waals surface area contributed by atoms with Crippen molar-refractivity contribution in [2.45, 2.75) is 32.1 Å². The maximum atomic E-state index is 12.3. The molecule has 2 aliphatic rings. The number of amides is 1. The molecule has 1 amide bonds. The van der Waals surface area contributed by atoms with Crippen LogP contribution < -0.4 is 10.9 Å². The van der Waals surface area contributed by atoms with Crippen molar-refractivity contribution < 1.29 is 9.90 Å². The van der Waals surface area contributed by atoms with E-state index in [4.69, 9.17) is 0 Å². The molecule has 0 radical (unpaired) electrons. The van der Waals surface area contributed by atoms with Gasteiger partial charge in [-0.2, -0.15) is 0 Å². The molecule has 26 heavy (non-hydrogen) atoms. The zero-order chi connectivity index (χ0) is 18.7. The van der Waals surface area contributed by atoms with E-state index in [1.54, 1.807) is 7.05 Å². The third-order valence-corrected chi connectivity index (χ3v) is 4.82. The van der Waals surface area contributed by atoms with Gasteiger partial charge in [0.05, 0.1) is 0 Å². The minimum Gasteiger partial charge on any atom is -0.501 e. The molecule has 6 nitrogen and oxygen atoms in total. The van der Waals surface area contributed by atoms with Gasteiger partial charge in [0.25, 0.3) is 11.5 Å². The maximum absolute atomic E-state index is 12.3. The van der Waals surface area contributed by atoms with E-state index in [-0.39, 0.29) is 5.69 Å². The largest absolute Gasteiger partial charge is 0.501 e. The summed E-state index contributed by atoms with van der Waals surface area (Å²) in [6, 6.07) is 0. The van der Waals surface area contributed by atoms with Gasteiger partial charge in [-0.3, -0.25) is 14.2 Å². The van der Waals surface area contributed by atoms with Gasteiger partial charge in [-0.25, -0.2) is 4.98 Å². The summed E-state index contributed by atoms with van der Waals surface area (Å²) in [7, 11) is 3.00. The van der Waals surface area contributed by atoms with Crippen molar-refractivity contribution in [2.24, 2.45) is 7.05 Å². The Balaban J connectivity index is 2.05. The average Bonchev–Trinajstić information content (AvgIpc) is 2.69. The second-order valence-corrected chi connectivity index (χ2v) is 6.45. The molecular weight excluding hydrogens is 330 g/mol. The van der Waals surface area contributed by atoms with E-state index >= 15 is 0 Å². The molecule has 2 N–H and O–H groups in total. The molecule has 0 saturated carbocycles. The molecule has 1 heterocycles. The molecular formula is C20H23N3O3. The molecule has 1 aromatic heterocycles. The molecule has 0 spiro atoms. The highest BCUT2D eigenvalue weighted by atomic mass is 16.3. The predicted molar refractivity (Wildman–Crippen MR) is 100 cm³/mol. The Kier molecular flexibility index (Phi) is 5.21. The first kappa shape index (κ1) is 17.9. The lowest BCUT2D eigenvalue weighted by atomic mass is 9.86. The van der Waals surface area contributed by atoms with Crippen molar-refractivity contribution in [1.82, 2.24) is 14.9 Å². The molecule has 136 valence electrons. The van der Waals surface area contributed by atoms with Crippen LogP contribution in [0.5, 0.6) is 5.75 Å². The lowest BCUT2D eigenvalue weighted by Gasteiger charge is -2.21. The molecule has 6 heteroatoms. The molecule has 0 atom stereocenters. The topological polar surface area (TPSA) is 84.2 Å². The number of aromatic nitrogens is 2.